The molecule has 156 valence electrons. The number of rotatable bonds is 7. The number of hydrogen-bond donors (Lipinski definition) is 2. The number of fused-ring (bicyclic) bond motifs is 3. The zero-order chi connectivity index (χ0) is 21.1. The summed E-state index contributed by atoms with van der Waals surface area (Å²) in [5, 5.41) is 9.74. The molecule has 1 aliphatic rings. The lowest BCUT2D eigenvalue weighted by Crippen LogP contribution is -2.22. The lowest BCUT2D eigenvalue weighted by molar-refractivity contribution is 0.0694. The van der Waals surface area contributed by atoms with Crippen LogP contribution in [0.5, 0.6) is 11.5 Å². The Bertz CT molecular complexity index is 968. The Morgan fingerprint density at radius 2 is 2.10 bits per heavy atom. The number of aromatic carboxylic acids is 1. The Kier molecular flexibility index (Phi) is 6.49. The summed E-state index contributed by atoms with van der Waals surface area (Å²) in [7, 11) is 1.63. The predicted octanol–water partition coefficient (Wildman–Crippen LogP) is 3.94. The summed E-state index contributed by atoms with van der Waals surface area (Å²) in [6.45, 7) is 5.41. The molecule has 2 aromatic rings. The van der Waals surface area contributed by atoms with Gasteiger partial charge in [-0.25, -0.2) is 4.79 Å². The first-order valence-electron chi connectivity index (χ1n) is 9.42. The number of carboxylic acids is 1. The Hall–Kier alpha value is -2.51. The molecular formula is C21H24ClNO6. The normalized spacial score (nSPS) is 15.3. The van der Waals surface area contributed by atoms with Gasteiger partial charge in [-0.2, -0.15) is 0 Å². The first-order valence-corrected chi connectivity index (χ1v) is 9.80. The fourth-order valence-corrected chi connectivity index (χ4v) is 3.61. The molecule has 1 unspecified atom stereocenters. The van der Waals surface area contributed by atoms with E-state index in [1.807, 2.05) is 13.8 Å². The van der Waals surface area contributed by atoms with Crippen molar-refractivity contribution in [1.82, 2.24) is 4.98 Å². The molecule has 29 heavy (non-hydrogen) atoms. The van der Waals surface area contributed by atoms with Crippen molar-refractivity contribution in [1.29, 1.82) is 0 Å². The molecule has 1 aromatic carbocycles. The smallest absolute Gasteiger partial charge is 0.341 e. The largest absolute Gasteiger partial charge is 0.492 e. The van der Waals surface area contributed by atoms with Crippen LogP contribution in [0.3, 0.4) is 0 Å². The molecule has 0 amide bonds. The van der Waals surface area contributed by atoms with Gasteiger partial charge in [0.2, 0.25) is 0 Å². The van der Waals surface area contributed by atoms with Crippen LogP contribution in [0.1, 0.15) is 42.1 Å². The number of aromatic amines is 1. The number of aromatic nitrogens is 1. The van der Waals surface area contributed by atoms with Crippen LogP contribution >= 0.6 is 11.6 Å². The summed E-state index contributed by atoms with van der Waals surface area (Å²) in [4.78, 5) is 26.5. The number of hydrogen-bond acceptors (Lipinski definition) is 5. The number of pyridine rings is 1. The number of carboxylic acid groups (broad SMARTS) is 1. The van der Waals surface area contributed by atoms with Gasteiger partial charge in [0.25, 0.3) is 5.56 Å². The molecule has 1 aromatic heterocycles. The lowest BCUT2D eigenvalue weighted by atomic mass is 9.86. The molecule has 0 aliphatic carbocycles. The maximum atomic E-state index is 12.3. The van der Waals surface area contributed by atoms with Crippen LogP contribution in [-0.4, -0.2) is 43.0 Å². The lowest BCUT2D eigenvalue weighted by Gasteiger charge is -2.20. The maximum absolute atomic E-state index is 12.3. The van der Waals surface area contributed by atoms with Crippen LogP contribution in [0.4, 0.5) is 0 Å². The second-order valence-corrected chi connectivity index (χ2v) is 7.69. The van der Waals surface area contributed by atoms with Crippen LogP contribution < -0.4 is 15.0 Å². The predicted molar refractivity (Wildman–Crippen MR) is 110 cm³/mol. The summed E-state index contributed by atoms with van der Waals surface area (Å²) >= 11 is 6.42. The minimum absolute atomic E-state index is 0.0998. The molecular weight excluding hydrogens is 398 g/mol. The summed E-state index contributed by atoms with van der Waals surface area (Å²) in [6.07, 6.45) is 0.717. The van der Waals surface area contributed by atoms with Crippen molar-refractivity contribution in [3.05, 3.63) is 44.7 Å². The Morgan fingerprint density at radius 1 is 1.34 bits per heavy atom. The van der Waals surface area contributed by atoms with Crippen molar-refractivity contribution in [2.75, 3.05) is 26.9 Å². The molecule has 0 saturated heterocycles. The Labute approximate surface area is 173 Å². The first kappa shape index (κ1) is 21.2. The summed E-state index contributed by atoms with van der Waals surface area (Å²) in [5.41, 5.74) is 0.899. The number of halogens is 1. The Balaban J connectivity index is 2.09. The number of H-pyrrole nitrogens is 1. The summed E-state index contributed by atoms with van der Waals surface area (Å²) in [5.74, 6) is -0.192. The van der Waals surface area contributed by atoms with Gasteiger partial charge in [0.05, 0.1) is 23.9 Å². The molecule has 0 spiro atoms. The number of nitrogens with one attached hydrogen (secondary N) is 1. The second kappa shape index (κ2) is 8.88. The number of methoxy groups -OCH3 is 1. The van der Waals surface area contributed by atoms with Gasteiger partial charge in [-0.05, 0) is 23.6 Å². The summed E-state index contributed by atoms with van der Waals surface area (Å²) in [6, 6.07) is 4.84. The quantitative estimate of drug-likeness (QED) is 0.657. The standard InChI is InChI=1S/C21H24ClNO6/c1-11(2)15-10-29-17-9-18(28-6-4-5-27-3)16(22)8-13(17)19-12(15)7-14(21(25)26)20(24)23-19/h7-9,11,15H,4-6,10H2,1-3H3,(H,23,24)(H,25,26). The van der Waals surface area contributed by atoms with Crippen LogP contribution in [0.2, 0.25) is 5.02 Å². The van der Waals surface area contributed by atoms with Crippen LogP contribution in [0.15, 0.2) is 23.0 Å². The van der Waals surface area contributed by atoms with Gasteiger partial charge in [-0.1, -0.05) is 25.4 Å². The van der Waals surface area contributed by atoms with Crippen molar-refractivity contribution in [3.63, 3.8) is 0 Å². The highest BCUT2D eigenvalue weighted by molar-refractivity contribution is 6.32. The van der Waals surface area contributed by atoms with Crippen LogP contribution in [0.25, 0.3) is 11.3 Å². The minimum atomic E-state index is -1.26. The van der Waals surface area contributed by atoms with Crippen molar-refractivity contribution < 1.29 is 24.1 Å². The molecule has 3 rings (SSSR count). The molecule has 2 heterocycles. The number of ether oxygens (including phenoxy) is 3. The monoisotopic (exact) mass is 421 g/mol. The highest BCUT2D eigenvalue weighted by atomic mass is 35.5. The molecule has 0 fully saturated rings. The van der Waals surface area contributed by atoms with E-state index in [4.69, 9.17) is 25.8 Å². The van der Waals surface area contributed by atoms with Gasteiger partial charge in [-0.15, -0.1) is 0 Å². The third-order valence-corrected chi connectivity index (χ3v) is 5.27. The first-order chi connectivity index (χ1) is 13.8. The second-order valence-electron chi connectivity index (χ2n) is 7.28. The third kappa shape index (κ3) is 4.41. The van der Waals surface area contributed by atoms with Gasteiger partial charge < -0.3 is 24.3 Å². The maximum Gasteiger partial charge on any atom is 0.341 e. The van der Waals surface area contributed by atoms with Gasteiger partial charge in [0.1, 0.15) is 17.1 Å². The van der Waals surface area contributed by atoms with Crippen LogP contribution in [0, 0.1) is 5.92 Å². The van der Waals surface area contributed by atoms with Crippen molar-refractivity contribution >= 4 is 17.6 Å². The molecule has 8 heteroatoms. The van der Waals surface area contributed by atoms with E-state index in [2.05, 4.69) is 4.98 Å². The SMILES string of the molecule is COCCCOc1cc2c(cc1Cl)-c1[nH]c(=O)c(C(=O)O)cc1C(C(C)C)CO2. The van der Waals surface area contributed by atoms with E-state index in [1.165, 1.54) is 6.07 Å². The van der Waals surface area contributed by atoms with Crippen LogP contribution in [-0.2, 0) is 4.74 Å². The highest BCUT2D eigenvalue weighted by Gasteiger charge is 2.29. The zero-order valence-corrected chi connectivity index (χ0v) is 17.3. The topological polar surface area (TPSA) is 97.9 Å². The van der Waals surface area contributed by atoms with Crippen molar-refractivity contribution in [3.8, 4) is 22.8 Å². The van der Waals surface area contributed by atoms with Crippen molar-refractivity contribution in [2.24, 2.45) is 5.92 Å². The molecule has 0 saturated carbocycles. The van der Waals surface area contributed by atoms with E-state index >= 15 is 0 Å². The van der Waals surface area contributed by atoms with Gasteiger partial charge in [0.15, 0.2) is 0 Å². The molecule has 7 nitrogen and oxygen atoms in total. The van der Waals surface area contributed by atoms with E-state index < -0.39 is 11.5 Å². The fraction of sp³-hybridized carbons (Fsp3) is 0.429. The van der Waals surface area contributed by atoms with E-state index in [9.17, 15) is 14.7 Å². The van der Waals surface area contributed by atoms with E-state index in [0.717, 1.165) is 5.56 Å². The average Bonchev–Trinajstić information content (AvgIpc) is 2.81. The molecule has 2 N–H and O–H groups in total. The van der Waals surface area contributed by atoms with E-state index in [1.54, 1.807) is 19.2 Å². The summed E-state index contributed by atoms with van der Waals surface area (Å²) < 4.78 is 16.8. The van der Waals surface area contributed by atoms with E-state index in [0.29, 0.717) is 54.0 Å². The van der Waals surface area contributed by atoms with Gasteiger partial charge in [-0.3, -0.25) is 4.79 Å². The number of benzene rings is 1. The third-order valence-electron chi connectivity index (χ3n) is 4.98. The zero-order valence-electron chi connectivity index (χ0n) is 16.6. The molecule has 1 aliphatic heterocycles. The number of carbonyl (C=O) groups is 1. The molecule has 0 radical (unpaired) electrons. The molecule has 0 bridgehead atoms. The fourth-order valence-electron chi connectivity index (χ4n) is 3.39. The minimum Gasteiger partial charge on any atom is -0.492 e. The highest BCUT2D eigenvalue weighted by Crippen LogP contribution is 2.44. The average molecular weight is 422 g/mol. The van der Waals surface area contributed by atoms with Crippen molar-refractivity contribution in [2.45, 2.75) is 26.2 Å². The van der Waals surface area contributed by atoms with Gasteiger partial charge >= 0.3 is 5.97 Å². The molecule has 1 atom stereocenters. The van der Waals surface area contributed by atoms with E-state index in [-0.39, 0.29) is 17.4 Å². The Morgan fingerprint density at radius 3 is 2.76 bits per heavy atom. The van der Waals surface area contributed by atoms with Gasteiger partial charge in [0, 0.05) is 37.7 Å².